The molecule has 1 aromatic carbocycles. The van der Waals surface area contributed by atoms with E-state index in [1.54, 1.807) is 0 Å². The molecule has 3 N–H and O–H groups in total. The summed E-state index contributed by atoms with van der Waals surface area (Å²) in [7, 11) is 5.81. The zero-order valence-corrected chi connectivity index (χ0v) is 14.9. The van der Waals surface area contributed by atoms with Gasteiger partial charge >= 0.3 is 0 Å². The lowest BCUT2D eigenvalue weighted by Crippen LogP contribution is -2.56. The summed E-state index contributed by atoms with van der Waals surface area (Å²) in [6, 6.07) is 10.8. The van der Waals surface area contributed by atoms with Crippen LogP contribution in [0.15, 0.2) is 72.2 Å². The molecule has 0 radical (unpaired) electrons. The van der Waals surface area contributed by atoms with Crippen LogP contribution < -0.4 is 16.0 Å². The quantitative estimate of drug-likeness (QED) is 0.559. The summed E-state index contributed by atoms with van der Waals surface area (Å²) in [4.78, 5) is 0. The molecule has 0 fully saturated rings. The lowest BCUT2D eigenvalue weighted by molar-refractivity contribution is 0.403. The van der Waals surface area contributed by atoms with E-state index < -0.39 is 5.66 Å². The molecule has 1 atom stereocenters. The van der Waals surface area contributed by atoms with E-state index in [9.17, 15) is 4.39 Å². The average molecular weight is 340 g/mol. The summed E-state index contributed by atoms with van der Waals surface area (Å²) in [6.45, 7) is 0.764. The molecule has 1 aromatic heterocycles. The van der Waals surface area contributed by atoms with Gasteiger partial charge in [-0.2, -0.15) is 0 Å². The minimum atomic E-state index is -0.431. The fraction of sp³-hybridized carbons (Fsp3) is 0.300. The van der Waals surface area contributed by atoms with Crippen molar-refractivity contribution in [2.24, 2.45) is 0 Å². The molecule has 0 amide bonds. The highest BCUT2D eigenvalue weighted by Crippen LogP contribution is 2.35. The fourth-order valence-corrected chi connectivity index (χ4v) is 3.45. The normalized spacial score (nSPS) is 19.3. The van der Waals surface area contributed by atoms with Gasteiger partial charge < -0.3 is 9.88 Å². The summed E-state index contributed by atoms with van der Waals surface area (Å²) >= 11 is 0. The number of hydrogen-bond acceptors (Lipinski definition) is 3. The molecule has 1 unspecified atom stereocenters. The Morgan fingerprint density at radius 3 is 2.24 bits per heavy atom. The van der Waals surface area contributed by atoms with Gasteiger partial charge in [0.25, 0.3) is 0 Å². The van der Waals surface area contributed by atoms with E-state index in [1.807, 2.05) is 45.4 Å². The lowest BCUT2D eigenvalue weighted by Gasteiger charge is -2.39. The first-order valence-electron chi connectivity index (χ1n) is 8.47. The SMILES string of the molecule is CNC1=CC(NC)(NC)C(Cn2cccc2)=CC1c1ccc(F)cc1. The number of halogens is 1. The minimum Gasteiger partial charge on any atom is -0.391 e. The van der Waals surface area contributed by atoms with Crippen LogP contribution in [0.4, 0.5) is 4.39 Å². The van der Waals surface area contributed by atoms with E-state index in [-0.39, 0.29) is 11.7 Å². The Balaban J connectivity index is 2.05. The van der Waals surface area contributed by atoms with Gasteiger partial charge in [0.05, 0.1) is 0 Å². The molecule has 4 nitrogen and oxygen atoms in total. The maximum absolute atomic E-state index is 13.3. The molecule has 1 aliphatic carbocycles. The van der Waals surface area contributed by atoms with Gasteiger partial charge in [-0.1, -0.05) is 18.2 Å². The fourth-order valence-electron chi connectivity index (χ4n) is 3.45. The van der Waals surface area contributed by atoms with Crippen molar-refractivity contribution in [1.29, 1.82) is 0 Å². The highest BCUT2D eigenvalue weighted by atomic mass is 19.1. The predicted molar refractivity (Wildman–Crippen MR) is 99.6 cm³/mol. The Morgan fingerprint density at radius 2 is 1.68 bits per heavy atom. The van der Waals surface area contributed by atoms with Crippen LogP contribution in [0, 0.1) is 5.82 Å². The van der Waals surface area contributed by atoms with Crippen molar-refractivity contribution in [3.63, 3.8) is 0 Å². The number of benzene rings is 1. The Labute approximate surface area is 148 Å². The molecule has 5 heteroatoms. The first-order chi connectivity index (χ1) is 12.1. The summed E-state index contributed by atoms with van der Waals surface area (Å²) in [5.74, 6) is -0.156. The number of nitrogens with one attached hydrogen (secondary N) is 3. The van der Waals surface area contributed by atoms with Crippen LogP contribution in [0.5, 0.6) is 0 Å². The van der Waals surface area contributed by atoms with E-state index >= 15 is 0 Å². The molecule has 2 aromatic rings. The standard InChI is InChI=1S/C20H25FN4/c1-22-19-13-20(23-2,24-3)16(14-25-10-4-5-11-25)12-18(19)15-6-8-17(21)9-7-15/h4-13,18,22-24H,14H2,1-3H3. The van der Waals surface area contributed by atoms with Crippen molar-refractivity contribution in [1.82, 2.24) is 20.5 Å². The Morgan fingerprint density at radius 1 is 1.04 bits per heavy atom. The second-order valence-corrected chi connectivity index (χ2v) is 6.23. The molecule has 1 aliphatic rings. The number of rotatable bonds is 6. The van der Waals surface area contributed by atoms with Gasteiger partial charge in [-0.25, -0.2) is 4.39 Å². The Hall–Kier alpha value is -2.37. The van der Waals surface area contributed by atoms with E-state index in [0.717, 1.165) is 17.8 Å². The number of hydrogen-bond donors (Lipinski definition) is 3. The number of likely N-dealkylation sites (N-methyl/N-ethyl adjacent to an activating group) is 3. The monoisotopic (exact) mass is 340 g/mol. The third-order valence-corrected chi connectivity index (χ3v) is 4.91. The van der Waals surface area contributed by atoms with E-state index in [2.05, 4.69) is 45.1 Å². The molecule has 0 spiro atoms. The number of nitrogens with zero attached hydrogens (tertiary/aromatic N) is 1. The highest BCUT2D eigenvalue weighted by molar-refractivity contribution is 5.45. The van der Waals surface area contributed by atoms with Crippen LogP contribution in [0.3, 0.4) is 0 Å². The highest BCUT2D eigenvalue weighted by Gasteiger charge is 2.35. The first kappa shape index (κ1) is 17.5. The van der Waals surface area contributed by atoms with Crippen LogP contribution >= 0.6 is 0 Å². The van der Waals surface area contributed by atoms with Crippen LogP contribution in [0.2, 0.25) is 0 Å². The topological polar surface area (TPSA) is 41.0 Å². The average Bonchev–Trinajstić information content (AvgIpc) is 3.15. The molecular weight excluding hydrogens is 315 g/mol. The van der Waals surface area contributed by atoms with Gasteiger partial charge in [-0.05, 0) is 55.6 Å². The van der Waals surface area contributed by atoms with Crippen LogP contribution in [-0.2, 0) is 6.54 Å². The van der Waals surface area contributed by atoms with E-state index in [0.29, 0.717) is 0 Å². The van der Waals surface area contributed by atoms with Crippen molar-refractivity contribution >= 4 is 0 Å². The van der Waals surface area contributed by atoms with Gasteiger partial charge in [-0.3, -0.25) is 10.6 Å². The van der Waals surface area contributed by atoms with Crippen molar-refractivity contribution in [3.8, 4) is 0 Å². The molecular formula is C20H25FN4. The van der Waals surface area contributed by atoms with Crippen LogP contribution in [-0.4, -0.2) is 31.4 Å². The van der Waals surface area contributed by atoms with Crippen molar-refractivity contribution < 1.29 is 4.39 Å². The van der Waals surface area contributed by atoms with Crippen molar-refractivity contribution in [2.45, 2.75) is 18.1 Å². The van der Waals surface area contributed by atoms with Gasteiger partial charge in [0, 0.05) is 37.6 Å². The summed E-state index contributed by atoms with van der Waals surface area (Å²) in [6.07, 6.45) is 8.55. The van der Waals surface area contributed by atoms with Gasteiger partial charge in [-0.15, -0.1) is 0 Å². The zero-order valence-electron chi connectivity index (χ0n) is 14.9. The van der Waals surface area contributed by atoms with E-state index in [1.165, 1.54) is 17.7 Å². The third-order valence-electron chi connectivity index (χ3n) is 4.91. The Kier molecular flexibility index (Phi) is 5.06. The maximum atomic E-state index is 13.3. The molecule has 0 saturated carbocycles. The molecule has 0 bridgehead atoms. The molecule has 0 saturated heterocycles. The summed E-state index contributed by atoms with van der Waals surface area (Å²) < 4.78 is 15.5. The molecule has 25 heavy (non-hydrogen) atoms. The number of aromatic nitrogens is 1. The summed E-state index contributed by atoms with van der Waals surface area (Å²) in [5, 5.41) is 10.1. The molecule has 132 valence electrons. The Bertz CT molecular complexity index is 756. The maximum Gasteiger partial charge on any atom is 0.123 e. The smallest absolute Gasteiger partial charge is 0.123 e. The van der Waals surface area contributed by atoms with Gasteiger partial charge in [0.2, 0.25) is 0 Å². The van der Waals surface area contributed by atoms with Crippen LogP contribution in [0.1, 0.15) is 11.5 Å². The van der Waals surface area contributed by atoms with Crippen molar-refractivity contribution in [3.05, 3.63) is 83.6 Å². The van der Waals surface area contributed by atoms with Gasteiger partial charge in [0.1, 0.15) is 11.5 Å². The second kappa shape index (κ2) is 7.25. The van der Waals surface area contributed by atoms with Crippen LogP contribution in [0.25, 0.3) is 0 Å². The first-order valence-corrected chi connectivity index (χ1v) is 8.47. The predicted octanol–water partition coefficient (Wildman–Crippen LogP) is 2.59. The number of allylic oxidation sites excluding steroid dienone is 1. The van der Waals surface area contributed by atoms with Gasteiger partial charge in [0.15, 0.2) is 0 Å². The van der Waals surface area contributed by atoms with Crippen molar-refractivity contribution in [2.75, 3.05) is 21.1 Å². The minimum absolute atomic E-state index is 0.0611. The molecule has 1 heterocycles. The molecule has 3 rings (SSSR count). The lowest BCUT2D eigenvalue weighted by atomic mass is 9.82. The van der Waals surface area contributed by atoms with E-state index in [4.69, 9.17) is 0 Å². The zero-order chi connectivity index (χ0) is 17.9. The molecule has 0 aliphatic heterocycles. The summed E-state index contributed by atoms with van der Waals surface area (Å²) in [5.41, 5.74) is 2.92. The third kappa shape index (κ3) is 3.38. The second-order valence-electron chi connectivity index (χ2n) is 6.23. The largest absolute Gasteiger partial charge is 0.391 e.